The Kier molecular flexibility index (Phi) is 3.08. The number of pyridine rings is 1. The molecule has 4 rings (SSSR count). The lowest BCUT2D eigenvalue weighted by Gasteiger charge is -2.13. The van der Waals surface area contributed by atoms with Gasteiger partial charge >= 0.3 is 0 Å². The van der Waals surface area contributed by atoms with Gasteiger partial charge in [0.1, 0.15) is 5.82 Å². The molecule has 0 saturated carbocycles. The molecule has 112 valence electrons. The number of H-pyrrole nitrogens is 1. The molecule has 0 bridgehead atoms. The molecule has 1 unspecified atom stereocenters. The number of rotatable bonds is 2. The maximum atomic E-state index is 12.5. The van der Waals surface area contributed by atoms with Gasteiger partial charge in [0.15, 0.2) is 0 Å². The number of nitrogens with one attached hydrogen (secondary N) is 1. The molecule has 1 N–H and O–H groups in total. The average Bonchev–Trinajstić information content (AvgIpc) is 3.17. The first-order chi connectivity index (χ1) is 10.7. The SMILES string of the molecule is Cc1ccc2cc(-c3nccn3C3CCOC3)c(=O)[nH]c2c1. The van der Waals surface area contributed by atoms with Crippen LogP contribution in [0.25, 0.3) is 22.3 Å². The summed E-state index contributed by atoms with van der Waals surface area (Å²) in [4.78, 5) is 19.8. The van der Waals surface area contributed by atoms with E-state index in [0.717, 1.165) is 29.5 Å². The normalized spacial score (nSPS) is 18.1. The number of benzene rings is 1. The Balaban J connectivity index is 1.88. The second-order valence-electron chi connectivity index (χ2n) is 5.78. The molecule has 3 aromatic rings. The van der Waals surface area contributed by atoms with Crippen molar-refractivity contribution in [2.45, 2.75) is 19.4 Å². The van der Waals surface area contributed by atoms with E-state index in [1.165, 1.54) is 0 Å². The quantitative estimate of drug-likeness (QED) is 0.790. The summed E-state index contributed by atoms with van der Waals surface area (Å²) in [6.45, 7) is 3.45. The fraction of sp³-hybridized carbons (Fsp3) is 0.294. The van der Waals surface area contributed by atoms with E-state index in [2.05, 4.69) is 14.5 Å². The van der Waals surface area contributed by atoms with E-state index in [-0.39, 0.29) is 11.6 Å². The van der Waals surface area contributed by atoms with Crippen molar-refractivity contribution in [1.29, 1.82) is 0 Å². The Bertz CT molecular complexity index is 888. The maximum absolute atomic E-state index is 12.5. The van der Waals surface area contributed by atoms with Crippen molar-refractivity contribution in [2.24, 2.45) is 0 Å². The van der Waals surface area contributed by atoms with Crippen molar-refractivity contribution in [2.75, 3.05) is 13.2 Å². The average molecular weight is 295 g/mol. The predicted molar refractivity (Wildman–Crippen MR) is 85.0 cm³/mol. The number of imidazole rings is 1. The molecule has 1 atom stereocenters. The first-order valence-electron chi connectivity index (χ1n) is 7.47. The molecule has 2 aromatic heterocycles. The van der Waals surface area contributed by atoms with Crippen molar-refractivity contribution in [1.82, 2.24) is 14.5 Å². The largest absolute Gasteiger partial charge is 0.379 e. The molecule has 5 nitrogen and oxygen atoms in total. The summed E-state index contributed by atoms with van der Waals surface area (Å²) >= 11 is 0. The first kappa shape index (κ1) is 13.3. The van der Waals surface area contributed by atoms with Crippen LogP contribution in [0.3, 0.4) is 0 Å². The Morgan fingerprint density at radius 2 is 2.27 bits per heavy atom. The third kappa shape index (κ3) is 2.14. The molecule has 1 saturated heterocycles. The summed E-state index contributed by atoms with van der Waals surface area (Å²) in [5.74, 6) is 0.708. The lowest BCUT2D eigenvalue weighted by molar-refractivity contribution is 0.187. The molecule has 1 fully saturated rings. The van der Waals surface area contributed by atoms with Crippen LogP contribution in [0.4, 0.5) is 0 Å². The van der Waals surface area contributed by atoms with Crippen LogP contribution in [0.2, 0.25) is 0 Å². The van der Waals surface area contributed by atoms with Crippen molar-refractivity contribution in [3.63, 3.8) is 0 Å². The molecule has 5 heteroatoms. The minimum atomic E-state index is -0.107. The van der Waals surface area contributed by atoms with E-state index in [1.807, 2.05) is 37.4 Å². The molecule has 0 amide bonds. The van der Waals surface area contributed by atoms with E-state index in [9.17, 15) is 4.79 Å². The van der Waals surface area contributed by atoms with Gasteiger partial charge in [0.05, 0.1) is 18.2 Å². The van der Waals surface area contributed by atoms with Crippen molar-refractivity contribution < 1.29 is 4.74 Å². The fourth-order valence-electron chi connectivity index (χ4n) is 3.04. The van der Waals surface area contributed by atoms with Gasteiger partial charge in [0.25, 0.3) is 5.56 Å². The Morgan fingerprint density at radius 1 is 1.36 bits per heavy atom. The van der Waals surface area contributed by atoms with Crippen molar-refractivity contribution in [3.8, 4) is 11.4 Å². The van der Waals surface area contributed by atoms with Crippen LogP contribution >= 0.6 is 0 Å². The summed E-state index contributed by atoms with van der Waals surface area (Å²) in [6.07, 6.45) is 4.62. The van der Waals surface area contributed by atoms with Crippen LogP contribution < -0.4 is 5.56 Å². The van der Waals surface area contributed by atoms with Gasteiger partial charge in [-0.25, -0.2) is 4.98 Å². The standard InChI is InChI=1S/C17H17N3O2/c1-11-2-3-12-9-14(17(21)19-15(12)8-11)16-18-5-6-20(16)13-4-7-22-10-13/h2-3,5-6,8-9,13H,4,7,10H2,1H3,(H,19,21). The van der Waals surface area contributed by atoms with Crippen molar-refractivity contribution in [3.05, 3.63) is 52.6 Å². The van der Waals surface area contributed by atoms with E-state index >= 15 is 0 Å². The number of fused-ring (bicyclic) bond motifs is 1. The minimum Gasteiger partial charge on any atom is -0.379 e. The van der Waals surface area contributed by atoms with Crippen LogP contribution in [-0.4, -0.2) is 27.7 Å². The smallest absolute Gasteiger partial charge is 0.259 e. The number of nitrogens with zero attached hydrogens (tertiary/aromatic N) is 2. The molecule has 0 aliphatic carbocycles. The highest BCUT2D eigenvalue weighted by Gasteiger charge is 2.21. The van der Waals surface area contributed by atoms with Gasteiger partial charge in [-0.3, -0.25) is 4.79 Å². The second-order valence-corrected chi connectivity index (χ2v) is 5.78. The molecule has 1 aliphatic rings. The minimum absolute atomic E-state index is 0.107. The monoisotopic (exact) mass is 295 g/mol. The molecule has 22 heavy (non-hydrogen) atoms. The summed E-state index contributed by atoms with van der Waals surface area (Å²) in [7, 11) is 0. The zero-order valence-corrected chi connectivity index (χ0v) is 12.4. The van der Waals surface area contributed by atoms with Gasteiger partial charge < -0.3 is 14.3 Å². The highest BCUT2D eigenvalue weighted by Crippen LogP contribution is 2.26. The van der Waals surface area contributed by atoms with E-state index in [0.29, 0.717) is 18.0 Å². The first-order valence-corrected chi connectivity index (χ1v) is 7.47. The number of aryl methyl sites for hydroxylation is 1. The molecule has 0 radical (unpaired) electrons. The lowest BCUT2D eigenvalue weighted by Crippen LogP contribution is -2.15. The molecular formula is C17H17N3O2. The van der Waals surface area contributed by atoms with Gasteiger partial charge in [-0.1, -0.05) is 12.1 Å². The summed E-state index contributed by atoms with van der Waals surface area (Å²) in [5, 5.41) is 1.01. The van der Waals surface area contributed by atoms with Gasteiger partial charge in [-0.15, -0.1) is 0 Å². The summed E-state index contributed by atoms with van der Waals surface area (Å²) < 4.78 is 7.50. The topological polar surface area (TPSA) is 59.9 Å². The Morgan fingerprint density at radius 3 is 3.09 bits per heavy atom. The van der Waals surface area contributed by atoms with E-state index in [4.69, 9.17) is 4.74 Å². The lowest BCUT2D eigenvalue weighted by atomic mass is 10.1. The molecule has 1 aliphatic heterocycles. The highest BCUT2D eigenvalue weighted by molar-refractivity contribution is 5.83. The number of ether oxygens (including phenoxy) is 1. The predicted octanol–water partition coefficient (Wildman–Crippen LogP) is 2.66. The maximum Gasteiger partial charge on any atom is 0.259 e. The van der Waals surface area contributed by atoms with E-state index < -0.39 is 0 Å². The van der Waals surface area contributed by atoms with Crippen LogP contribution in [0.1, 0.15) is 18.0 Å². The molecular weight excluding hydrogens is 278 g/mol. The zero-order chi connectivity index (χ0) is 15.1. The summed E-state index contributed by atoms with van der Waals surface area (Å²) in [5.41, 5.74) is 2.48. The molecule has 0 spiro atoms. The van der Waals surface area contributed by atoms with Crippen LogP contribution in [0.15, 0.2) is 41.5 Å². The Labute approximate surface area is 127 Å². The molecule has 1 aromatic carbocycles. The number of aromatic nitrogens is 3. The molecule has 3 heterocycles. The number of hydrogen-bond acceptors (Lipinski definition) is 3. The van der Waals surface area contributed by atoms with Gasteiger partial charge in [0, 0.05) is 24.5 Å². The third-order valence-electron chi connectivity index (χ3n) is 4.21. The number of hydrogen-bond donors (Lipinski definition) is 1. The van der Waals surface area contributed by atoms with Gasteiger partial charge in [-0.05, 0) is 36.4 Å². The summed E-state index contributed by atoms with van der Waals surface area (Å²) in [6, 6.07) is 8.23. The fourth-order valence-corrected chi connectivity index (χ4v) is 3.04. The van der Waals surface area contributed by atoms with Crippen LogP contribution in [0, 0.1) is 6.92 Å². The Hall–Kier alpha value is -2.40. The van der Waals surface area contributed by atoms with Gasteiger partial charge in [-0.2, -0.15) is 0 Å². The second kappa shape index (κ2) is 5.10. The van der Waals surface area contributed by atoms with Crippen LogP contribution in [0.5, 0.6) is 0 Å². The third-order valence-corrected chi connectivity index (χ3v) is 4.21. The zero-order valence-electron chi connectivity index (χ0n) is 12.4. The van der Waals surface area contributed by atoms with Crippen molar-refractivity contribution >= 4 is 10.9 Å². The van der Waals surface area contributed by atoms with E-state index in [1.54, 1.807) is 6.20 Å². The highest BCUT2D eigenvalue weighted by atomic mass is 16.5. The van der Waals surface area contributed by atoms with Crippen LogP contribution in [-0.2, 0) is 4.74 Å². The number of aromatic amines is 1. The van der Waals surface area contributed by atoms with Gasteiger partial charge in [0.2, 0.25) is 0 Å².